The lowest BCUT2D eigenvalue weighted by molar-refractivity contribution is -0.129. The predicted octanol–water partition coefficient (Wildman–Crippen LogP) is 2.16. The summed E-state index contributed by atoms with van der Waals surface area (Å²) < 4.78 is 12.4. The van der Waals surface area contributed by atoms with Gasteiger partial charge >= 0.3 is 0 Å². The molecule has 0 radical (unpaired) electrons. The molecule has 3 N–H and O–H groups in total. The van der Waals surface area contributed by atoms with Gasteiger partial charge in [0.05, 0.1) is 17.8 Å². The largest absolute Gasteiger partial charge is 0.489 e. The highest BCUT2D eigenvalue weighted by atomic mass is 16.6. The number of ether oxygens (including phenoxy) is 2. The molecule has 6 nitrogen and oxygen atoms in total. The zero-order valence-corrected chi connectivity index (χ0v) is 16.7. The first-order valence-corrected chi connectivity index (χ1v) is 9.86. The molecular weight excluding hydrogens is 348 g/mol. The fraction of sp³-hybridized carbons (Fsp3) is 0.762. The fourth-order valence-corrected chi connectivity index (χ4v) is 4.20. The molecule has 6 heteroatoms. The van der Waals surface area contributed by atoms with Gasteiger partial charge in [0, 0.05) is 24.8 Å². The molecule has 2 heterocycles. The van der Waals surface area contributed by atoms with Gasteiger partial charge in [-0.2, -0.15) is 0 Å². The van der Waals surface area contributed by atoms with E-state index in [1.165, 1.54) is 0 Å². The van der Waals surface area contributed by atoms with E-state index in [1.807, 2.05) is 13.8 Å². The molecule has 0 amide bonds. The van der Waals surface area contributed by atoms with Crippen LogP contribution in [-0.4, -0.2) is 56.7 Å². The summed E-state index contributed by atoms with van der Waals surface area (Å²) in [5.74, 6) is 0.500. The molecule has 0 aromatic rings. The van der Waals surface area contributed by atoms with Crippen LogP contribution in [0.1, 0.15) is 66.2 Å². The second-order valence-electron chi connectivity index (χ2n) is 9.03. The molecule has 0 spiro atoms. The summed E-state index contributed by atoms with van der Waals surface area (Å²) in [6.07, 6.45) is 3.41. The standard InChI is InChI=1S/C21H32O6/c1-12(5-8-17(23)20(2,3)25)9-13-11-21(4)18(26-13)10-14-16(27-21)7-6-15(22)19(14)24/h9,13,15,17-18,22-23,25H,5-8,10-11H2,1-4H3. The first-order chi connectivity index (χ1) is 12.5. The second-order valence-corrected chi connectivity index (χ2v) is 9.03. The maximum atomic E-state index is 12.2. The van der Waals surface area contributed by atoms with E-state index in [2.05, 4.69) is 6.08 Å². The van der Waals surface area contributed by atoms with Crippen molar-refractivity contribution in [3.63, 3.8) is 0 Å². The third-order valence-corrected chi connectivity index (χ3v) is 6.05. The average Bonchev–Trinajstić information content (AvgIpc) is 2.88. The Morgan fingerprint density at radius 2 is 2.15 bits per heavy atom. The molecule has 1 saturated heterocycles. The SMILES string of the molecule is CC(=CC1CC2(C)OC3=C(CC2O1)C(=O)C(O)CC3)CCC(O)C(C)(C)O. The Morgan fingerprint density at radius 3 is 2.81 bits per heavy atom. The maximum absolute atomic E-state index is 12.2. The minimum atomic E-state index is -1.11. The minimum Gasteiger partial charge on any atom is -0.489 e. The van der Waals surface area contributed by atoms with Gasteiger partial charge in [-0.15, -0.1) is 0 Å². The van der Waals surface area contributed by atoms with E-state index in [0.29, 0.717) is 44.1 Å². The highest BCUT2D eigenvalue weighted by Gasteiger charge is 2.51. The van der Waals surface area contributed by atoms with Crippen LogP contribution in [0, 0.1) is 0 Å². The first-order valence-electron chi connectivity index (χ1n) is 9.86. The van der Waals surface area contributed by atoms with E-state index in [9.17, 15) is 20.1 Å². The summed E-state index contributed by atoms with van der Waals surface area (Å²) in [6, 6.07) is 0. The Kier molecular flexibility index (Phi) is 5.56. The number of hydrogen-bond donors (Lipinski definition) is 3. The number of carbonyl (C=O) groups is 1. The predicted molar refractivity (Wildman–Crippen MR) is 100.0 cm³/mol. The molecule has 0 aromatic carbocycles. The average molecular weight is 380 g/mol. The van der Waals surface area contributed by atoms with Crippen molar-refractivity contribution in [3.05, 3.63) is 23.0 Å². The zero-order chi connectivity index (χ0) is 20.0. The zero-order valence-electron chi connectivity index (χ0n) is 16.7. The molecule has 0 saturated carbocycles. The second kappa shape index (κ2) is 7.32. The fourth-order valence-electron chi connectivity index (χ4n) is 4.20. The van der Waals surface area contributed by atoms with Crippen molar-refractivity contribution in [2.24, 2.45) is 0 Å². The summed E-state index contributed by atoms with van der Waals surface area (Å²) in [5.41, 5.74) is 0.109. The van der Waals surface area contributed by atoms with E-state index in [-0.39, 0.29) is 18.0 Å². The van der Waals surface area contributed by atoms with Gasteiger partial charge < -0.3 is 24.8 Å². The number of Topliss-reactive ketones (excluding diaryl/α,β-unsaturated/α-hetero) is 1. The Bertz CT molecular complexity index is 658. The Morgan fingerprint density at radius 1 is 1.44 bits per heavy atom. The molecule has 152 valence electrons. The van der Waals surface area contributed by atoms with E-state index in [1.54, 1.807) is 13.8 Å². The molecule has 3 rings (SSSR count). The molecule has 1 fully saturated rings. The molecule has 0 aromatic heterocycles. The third kappa shape index (κ3) is 4.29. The number of carbonyl (C=O) groups excluding carboxylic acids is 1. The molecule has 5 unspecified atom stereocenters. The number of aliphatic hydroxyl groups excluding tert-OH is 2. The maximum Gasteiger partial charge on any atom is 0.190 e. The van der Waals surface area contributed by atoms with Crippen molar-refractivity contribution >= 4 is 5.78 Å². The van der Waals surface area contributed by atoms with Crippen molar-refractivity contribution < 1.29 is 29.6 Å². The van der Waals surface area contributed by atoms with Crippen LogP contribution in [0.25, 0.3) is 0 Å². The number of hydrogen-bond acceptors (Lipinski definition) is 6. The van der Waals surface area contributed by atoms with Crippen LogP contribution in [0.2, 0.25) is 0 Å². The summed E-state index contributed by atoms with van der Waals surface area (Å²) >= 11 is 0. The molecule has 2 aliphatic heterocycles. The number of aliphatic hydroxyl groups is 3. The summed E-state index contributed by atoms with van der Waals surface area (Å²) in [4.78, 5) is 12.2. The number of rotatable bonds is 5. The summed E-state index contributed by atoms with van der Waals surface area (Å²) in [6.45, 7) is 7.23. The molecule has 3 aliphatic rings. The lowest BCUT2D eigenvalue weighted by Crippen LogP contribution is -2.45. The lowest BCUT2D eigenvalue weighted by atomic mass is 9.82. The van der Waals surface area contributed by atoms with Crippen molar-refractivity contribution in [1.29, 1.82) is 0 Å². The van der Waals surface area contributed by atoms with E-state index in [0.717, 1.165) is 11.3 Å². The Hall–Kier alpha value is -1.21. The highest BCUT2D eigenvalue weighted by Crippen LogP contribution is 2.46. The lowest BCUT2D eigenvalue weighted by Gasteiger charge is -2.39. The van der Waals surface area contributed by atoms with Crippen LogP contribution in [0.5, 0.6) is 0 Å². The van der Waals surface area contributed by atoms with Gasteiger partial charge in [0.2, 0.25) is 0 Å². The smallest absolute Gasteiger partial charge is 0.190 e. The van der Waals surface area contributed by atoms with E-state index < -0.39 is 23.4 Å². The van der Waals surface area contributed by atoms with Crippen LogP contribution < -0.4 is 0 Å². The quantitative estimate of drug-likeness (QED) is 0.633. The normalized spacial score (nSPS) is 35.6. The topological polar surface area (TPSA) is 96.2 Å². The van der Waals surface area contributed by atoms with Gasteiger partial charge in [-0.1, -0.05) is 11.6 Å². The summed E-state index contributed by atoms with van der Waals surface area (Å²) in [7, 11) is 0. The molecule has 1 aliphatic carbocycles. The number of allylic oxidation sites excluding steroid dienone is 2. The Balaban J connectivity index is 1.63. The van der Waals surface area contributed by atoms with Gasteiger partial charge in [0.15, 0.2) is 5.78 Å². The van der Waals surface area contributed by atoms with Gasteiger partial charge in [-0.25, -0.2) is 0 Å². The van der Waals surface area contributed by atoms with Gasteiger partial charge in [0.1, 0.15) is 23.6 Å². The Labute approximate surface area is 160 Å². The van der Waals surface area contributed by atoms with Gasteiger partial charge in [0.25, 0.3) is 0 Å². The van der Waals surface area contributed by atoms with Crippen LogP contribution in [0.3, 0.4) is 0 Å². The van der Waals surface area contributed by atoms with Crippen LogP contribution in [-0.2, 0) is 14.3 Å². The minimum absolute atomic E-state index is 0.111. The van der Waals surface area contributed by atoms with Crippen LogP contribution in [0.4, 0.5) is 0 Å². The van der Waals surface area contributed by atoms with E-state index in [4.69, 9.17) is 9.47 Å². The van der Waals surface area contributed by atoms with Crippen molar-refractivity contribution in [3.8, 4) is 0 Å². The monoisotopic (exact) mass is 380 g/mol. The van der Waals surface area contributed by atoms with Crippen LogP contribution >= 0.6 is 0 Å². The van der Waals surface area contributed by atoms with E-state index >= 15 is 0 Å². The summed E-state index contributed by atoms with van der Waals surface area (Å²) in [5, 5.41) is 29.6. The van der Waals surface area contributed by atoms with Crippen molar-refractivity contribution in [1.82, 2.24) is 0 Å². The van der Waals surface area contributed by atoms with Crippen molar-refractivity contribution in [2.45, 2.75) is 102 Å². The molecule has 0 bridgehead atoms. The van der Waals surface area contributed by atoms with Gasteiger partial charge in [-0.3, -0.25) is 4.79 Å². The van der Waals surface area contributed by atoms with Gasteiger partial charge in [-0.05, 0) is 47.0 Å². The molecular formula is C21H32O6. The van der Waals surface area contributed by atoms with Crippen molar-refractivity contribution in [2.75, 3.05) is 0 Å². The molecule has 5 atom stereocenters. The number of fused-ring (bicyclic) bond motifs is 1. The number of ketones is 1. The first kappa shape index (κ1) is 20.5. The van der Waals surface area contributed by atoms with Crippen LogP contribution in [0.15, 0.2) is 23.0 Å². The molecule has 27 heavy (non-hydrogen) atoms. The highest BCUT2D eigenvalue weighted by molar-refractivity contribution is 6.00. The third-order valence-electron chi connectivity index (χ3n) is 6.05.